The van der Waals surface area contributed by atoms with E-state index in [4.69, 9.17) is 14.5 Å². The number of aliphatic carboxylic acids is 1. The molecule has 0 amide bonds. The zero-order chi connectivity index (χ0) is 15.7. The van der Waals surface area contributed by atoms with Crippen LogP contribution in [0.1, 0.15) is 33.3 Å². The van der Waals surface area contributed by atoms with E-state index in [1.165, 1.54) is 6.07 Å². The number of carbonyl (C=O) groups is 1. The molecular weight excluding hydrogens is 266 g/mol. The van der Waals surface area contributed by atoms with Crippen molar-refractivity contribution in [3.63, 3.8) is 0 Å². The van der Waals surface area contributed by atoms with Gasteiger partial charge in [-0.1, -0.05) is 27.7 Å². The fraction of sp³-hybridized carbons (Fsp3) is 0.462. The predicted molar refractivity (Wildman–Crippen MR) is 74.6 cm³/mol. The Kier molecular flexibility index (Phi) is 8.59. The number of halogens is 1. The van der Waals surface area contributed by atoms with Gasteiger partial charge in [0.2, 0.25) is 0 Å². The minimum Gasteiger partial charge on any atom is -0.482 e. The lowest BCUT2D eigenvalue weighted by atomic mass is 9.79. The summed E-state index contributed by atoms with van der Waals surface area (Å²) in [5, 5.41) is 17.7. The molecule has 0 fully saturated rings. The number of rotatable bonds is 3. The maximum Gasteiger partial charge on any atom is 0.494 e. The zero-order valence-corrected chi connectivity index (χ0v) is 12.1. The van der Waals surface area contributed by atoms with Crippen molar-refractivity contribution in [3.8, 4) is 5.75 Å². The first kappa shape index (κ1) is 18.4. The van der Waals surface area contributed by atoms with Crippen molar-refractivity contribution in [1.82, 2.24) is 0 Å². The average molecular weight is 286 g/mol. The third kappa shape index (κ3) is 4.83. The van der Waals surface area contributed by atoms with E-state index in [0.717, 1.165) is 6.07 Å². The molecular formula is C13H20BFO5. The van der Waals surface area contributed by atoms with Gasteiger partial charge < -0.3 is 19.5 Å². The Balaban J connectivity index is 0.000000829. The van der Waals surface area contributed by atoms with Crippen LogP contribution >= 0.6 is 0 Å². The molecule has 0 aliphatic carbocycles. The van der Waals surface area contributed by atoms with Crippen molar-refractivity contribution in [1.29, 1.82) is 0 Å². The summed E-state index contributed by atoms with van der Waals surface area (Å²) in [5.74, 6) is -1.70. The van der Waals surface area contributed by atoms with Crippen LogP contribution in [-0.2, 0) is 16.1 Å². The van der Waals surface area contributed by atoms with Gasteiger partial charge in [0.25, 0.3) is 0 Å². The lowest BCUT2D eigenvalue weighted by Gasteiger charge is -2.06. The first-order valence-electron chi connectivity index (χ1n) is 6.54. The van der Waals surface area contributed by atoms with Gasteiger partial charge in [0, 0.05) is 11.5 Å². The number of hydrogen-bond acceptors (Lipinski definition) is 4. The Bertz CT molecular complexity index is 439. The summed E-state index contributed by atoms with van der Waals surface area (Å²) in [4.78, 5) is 10.3. The molecule has 1 aromatic carbocycles. The van der Waals surface area contributed by atoms with Crippen molar-refractivity contribution in [2.75, 3.05) is 6.61 Å². The van der Waals surface area contributed by atoms with E-state index in [9.17, 15) is 14.2 Å². The van der Waals surface area contributed by atoms with E-state index in [1.807, 2.05) is 27.7 Å². The molecule has 2 N–H and O–H groups in total. The fourth-order valence-corrected chi connectivity index (χ4v) is 1.52. The molecule has 112 valence electrons. The molecule has 1 heterocycles. The third-order valence-electron chi connectivity index (χ3n) is 2.19. The van der Waals surface area contributed by atoms with Gasteiger partial charge in [-0.15, -0.1) is 0 Å². The molecule has 1 aromatic rings. The van der Waals surface area contributed by atoms with Gasteiger partial charge in [0.15, 0.2) is 6.61 Å². The SMILES string of the molecule is CC.CC.O=C(O)COc1cc(F)c2c(c1)COB2O. The minimum absolute atomic E-state index is 0.0810. The average Bonchev–Trinajstić information content (AvgIpc) is 2.83. The van der Waals surface area contributed by atoms with Gasteiger partial charge in [-0.05, 0) is 11.6 Å². The molecule has 0 bridgehead atoms. The number of ether oxygens (including phenoxy) is 1. The van der Waals surface area contributed by atoms with Crippen molar-refractivity contribution < 1.29 is 28.7 Å². The lowest BCUT2D eigenvalue weighted by Crippen LogP contribution is -2.31. The summed E-state index contributed by atoms with van der Waals surface area (Å²) in [7, 11) is -1.26. The largest absolute Gasteiger partial charge is 0.494 e. The van der Waals surface area contributed by atoms with Crippen molar-refractivity contribution in [2.24, 2.45) is 0 Å². The third-order valence-corrected chi connectivity index (χ3v) is 2.19. The second-order valence-electron chi connectivity index (χ2n) is 3.32. The Morgan fingerprint density at radius 2 is 2.00 bits per heavy atom. The van der Waals surface area contributed by atoms with Crippen LogP contribution in [0.3, 0.4) is 0 Å². The van der Waals surface area contributed by atoms with Crippen LogP contribution in [0.5, 0.6) is 5.75 Å². The molecule has 0 saturated carbocycles. The van der Waals surface area contributed by atoms with Crippen molar-refractivity contribution in [2.45, 2.75) is 34.3 Å². The van der Waals surface area contributed by atoms with Crippen LogP contribution in [0.2, 0.25) is 0 Å². The Labute approximate surface area is 118 Å². The molecule has 7 heteroatoms. The number of carboxylic acids is 1. The van der Waals surface area contributed by atoms with E-state index in [2.05, 4.69) is 0 Å². The summed E-state index contributed by atoms with van der Waals surface area (Å²) >= 11 is 0. The number of benzene rings is 1. The number of carboxylic acid groups (broad SMARTS) is 1. The van der Waals surface area contributed by atoms with Crippen molar-refractivity contribution >= 4 is 18.6 Å². The van der Waals surface area contributed by atoms with E-state index >= 15 is 0 Å². The molecule has 0 saturated heterocycles. The van der Waals surface area contributed by atoms with E-state index in [0.29, 0.717) is 5.56 Å². The van der Waals surface area contributed by atoms with Gasteiger partial charge >= 0.3 is 13.1 Å². The molecule has 2 rings (SSSR count). The second kappa shape index (κ2) is 9.33. The minimum atomic E-state index is -1.26. The molecule has 1 aliphatic rings. The van der Waals surface area contributed by atoms with Crippen LogP contribution in [0.4, 0.5) is 4.39 Å². The van der Waals surface area contributed by atoms with Crippen LogP contribution in [0, 0.1) is 5.82 Å². The summed E-state index contributed by atoms with van der Waals surface area (Å²) in [6, 6.07) is 2.48. The highest BCUT2D eigenvalue weighted by Gasteiger charge is 2.31. The maximum absolute atomic E-state index is 13.5. The van der Waals surface area contributed by atoms with Gasteiger partial charge in [-0.3, -0.25) is 0 Å². The number of fused-ring (bicyclic) bond motifs is 1. The van der Waals surface area contributed by atoms with Gasteiger partial charge in [-0.2, -0.15) is 0 Å². The van der Waals surface area contributed by atoms with Crippen LogP contribution in [0.15, 0.2) is 12.1 Å². The molecule has 0 unspecified atom stereocenters. The van der Waals surface area contributed by atoms with Crippen LogP contribution in [-0.4, -0.2) is 29.8 Å². The molecule has 20 heavy (non-hydrogen) atoms. The van der Waals surface area contributed by atoms with Gasteiger partial charge in [0.1, 0.15) is 11.6 Å². The fourth-order valence-electron chi connectivity index (χ4n) is 1.52. The van der Waals surface area contributed by atoms with E-state index in [-0.39, 0.29) is 17.8 Å². The highest BCUT2D eigenvalue weighted by Crippen LogP contribution is 2.19. The van der Waals surface area contributed by atoms with E-state index < -0.39 is 25.5 Å². The van der Waals surface area contributed by atoms with Gasteiger partial charge in [0.05, 0.1) is 6.61 Å². The second-order valence-corrected chi connectivity index (χ2v) is 3.32. The molecule has 0 atom stereocenters. The monoisotopic (exact) mass is 286 g/mol. The Morgan fingerprint density at radius 3 is 2.55 bits per heavy atom. The van der Waals surface area contributed by atoms with Crippen LogP contribution < -0.4 is 10.2 Å². The standard InChI is InChI=1S/C9H8BFO5.2C2H6/c11-7-2-6(15-4-8(12)13)1-5-3-16-10(14)9(5)7;2*1-2/h1-2,14H,3-4H2,(H,12,13);2*1-2H3. The predicted octanol–water partition coefficient (Wildman–Crippen LogP) is 1.56. The summed E-state index contributed by atoms with van der Waals surface area (Å²) in [5.41, 5.74) is 0.551. The van der Waals surface area contributed by atoms with Crippen molar-refractivity contribution in [3.05, 3.63) is 23.5 Å². The van der Waals surface area contributed by atoms with Crippen LogP contribution in [0.25, 0.3) is 0 Å². The quantitative estimate of drug-likeness (QED) is 0.825. The molecule has 0 spiro atoms. The van der Waals surface area contributed by atoms with E-state index in [1.54, 1.807) is 0 Å². The lowest BCUT2D eigenvalue weighted by molar-refractivity contribution is -0.139. The molecule has 1 aliphatic heterocycles. The Hall–Kier alpha value is -1.60. The molecule has 5 nitrogen and oxygen atoms in total. The Morgan fingerprint density at radius 1 is 1.40 bits per heavy atom. The molecule has 0 radical (unpaired) electrons. The summed E-state index contributed by atoms with van der Waals surface area (Å²) in [6.45, 7) is 7.54. The zero-order valence-electron chi connectivity index (χ0n) is 12.1. The normalized spacial score (nSPS) is 11.6. The number of hydrogen-bond donors (Lipinski definition) is 2. The maximum atomic E-state index is 13.5. The smallest absolute Gasteiger partial charge is 0.482 e. The highest BCUT2D eigenvalue weighted by atomic mass is 19.1. The van der Waals surface area contributed by atoms with Gasteiger partial charge in [-0.25, -0.2) is 9.18 Å². The topological polar surface area (TPSA) is 76.0 Å². The summed E-state index contributed by atoms with van der Waals surface area (Å²) in [6.07, 6.45) is 0. The first-order valence-corrected chi connectivity index (χ1v) is 6.54. The first-order chi connectivity index (χ1) is 9.58. The molecule has 0 aromatic heterocycles. The highest BCUT2D eigenvalue weighted by molar-refractivity contribution is 6.61. The summed E-state index contributed by atoms with van der Waals surface area (Å²) < 4.78 is 23.1.